The van der Waals surface area contributed by atoms with Gasteiger partial charge in [0.1, 0.15) is 5.75 Å². The second-order valence-electron chi connectivity index (χ2n) is 4.50. The number of hydrogen-bond donors (Lipinski definition) is 0. The van der Waals surface area contributed by atoms with Gasteiger partial charge in [-0.05, 0) is 59.5 Å². The van der Waals surface area contributed by atoms with E-state index in [1.54, 1.807) is 12.1 Å². The van der Waals surface area contributed by atoms with E-state index in [-0.39, 0.29) is 5.97 Å². The molecular formula is C14H17IO4. The molecule has 0 N–H and O–H groups in total. The minimum absolute atomic E-state index is 0.340. The molecule has 0 radical (unpaired) electrons. The summed E-state index contributed by atoms with van der Waals surface area (Å²) < 4.78 is 16.9. The van der Waals surface area contributed by atoms with Crippen LogP contribution in [0.2, 0.25) is 0 Å². The van der Waals surface area contributed by atoms with E-state index in [0.29, 0.717) is 18.1 Å². The molecule has 5 heteroatoms. The largest absolute Gasteiger partial charge is 0.492 e. The standard InChI is InChI=1S/C14H17IO4/c1-17-14(16)11-2-3-12(15)13(8-11)19-9-10-4-6-18-7-5-10/h2-3,8,10H,4-7,9H2,1H3. The Hall–Kier alpha value is -0.820. The Morgan fingerprint density at radius 2 is 2.16 bits per heavy atom. The Balaban J connectivity index is 2.00. The van der Waals surface area contributed by atoms with Gasteiger partial charge in [0.2, 0.25) is 0 Å². The highest BCUT2D eigenvalue weighted by atomic mass is 127. The molecule has 0 atom stereocenters. The van der Waals surface area contributed by atoms with Crippen molar-refractivity contribution in [3.63, 3.8) is 0 Å². The van der Waals surface area contributed by atoms with E-state index >= 15 is 0 Å². The van der Waals surface area contributed by atoms with Gasteiger partial charge in [-0.3, -0.25) is 0 Å². The molecule has 1 aliphatic heterocycles. The fourth-order valence-electron chi connectivity index (χ4n) is 1.98. The molecule has 0 spiro atoms. The summed E-state index contributed by atoms with van der Waals surface area (Å²) in [6.45, 7) is 2.30. The molecule has 4 nitrogen and oxygen atoms in total. The van der Waals surface area contributed by atoms with E-state index < -0.39 is 0 Å². The SMILES string of the molecule is COC(=O)c1ccc(I)c(OCC2CCOCC2)c1. The van der Waals surface area contributed by atoms with Crippen LogP contribution in [0.5, 0.6) is 5.75 Å². The summed E-state index contributed by atoms with van der Waals surface area (Å²) in [4.78, 5) is 11.5. The summed E-state index contributed by atoms with van der Waals surface area (Å²) in [5.41, 5.74) is 0.518. The average molecular weight is 376 g/mol. The van der Waals surface area contributed by atoms with Crippen LogP contribution in [-0.4, -0.2) is 32.9 Å². The van der Waals surface area contributed by atoms with Gasteiger partial charge >= 0.3 is 5.97 Å². The molecule has 0 aromatic heterocycles. The van der Waals surface area contributed by atoms with Crippen molar-refractivity contribution in [1.29, 1.82) is 0 Å². The maximum Gasteiger partial charge on any atom is 0.337 e. The van der Waals surface area contributed by atoms with Gasteiger partial charge < -0.3 is 14.2 Å². The van der Waals surface area contributed by atoms with Crippen LogP contribution in [0.1, 0.15) is 23.2 Å². The van der Waals surface area contributed by atoms with Crippen LogP contribution in [-0.2, 0) is 9.47 Å². The van der Waals surface area contributed by atoms with E-state index in [2.05, 4.69) is 22.6 Å². The van der Waals surface area contributed by atoms with Gasteiger partial charge in [0.15, 0.2) is 0 Å². The van der Waals surface area contributed by atoms with Crippen molar-refractivity contribution in [3.05, 3.63) is 27.3 Å². The monoisotopic (exact) mass is 376 g/mol. The summed E-state index contributed by atoms with van der Waals surface area (Å²) in [6, 6.07) is 5.36. The summed E-state index contributed by atoms with van der Waals surface area (Å²) in [7, 11) is 1.38. The quantitative estimate of drug-likeness (QED) is 0.599. The maximum absolute atomic E-state index is 11.5. The van der Waals surface area contributed by atoms with Gasteiger partial charge in [0, 0.05) is 13.2 Å². The maximum atomic E-state index is 11.5. The molecule has 104 valence electrons. The topological polar surface area (TPSA) is 44.8 Å². The predicted octanol–water partition coefficient (Wildman–Crippen LogP) is 2.88. The molecule has 2 rings (SSSR count). The third-order valence-electron chi connectivity index (χ3n) is 3.17. The van der Waals surface area contributed by atoms with Gasteiger partial charge in [-0.2, -0.15) is 0 Å². The highest BCUT2D eigenvalue weighted by molar-refractivity contribution is 14.1. The second kappa shape index (κ2) is 7.09. The van der Waals surface area contributed by atoms with Gasteiger partial charge in [-0.25, -0.2) is 4.79 Å². The van der Waals surface area contributed by atoms with E-state index in [9.17, 15) is 4.79 Å². The van der Waals surface area contributed by atoms with Crippen molar-refractivity contribution in [2.45, 2.75) is 12.8 Å². The second-order valence-corrected chi connectivity index (χ2v) is 5.67. The third kappa shape index (κ3) is 4.07. The first-order chi connectivity index (χ1) is 9.20. The molecule has 1 aliphatic rings. The Morgan fingerprint density at radius 3 is 2.84 bits per heavy atom. The van der Waals surface area contributed by atoms with E-state index in [0.717, 1.165) is 35.4 Å². The third-order valence-corrected chi connectivity index (χ3v) is 4.06. The van der Waals surface area contributed by atoms with Crippen LogP contribution >= 0.6 is 22.6 Å². The first kappa shape index (κ1) is 14.6. The minimum atomic E-state index is -0.340. The number of carbonyl (C=O) groups is 1. The van der Waals surface area contributed by atoms with Crippen molar-refractivity contribution in [2.75, 3.05) is 26.9 Å². The van der Waals surface area contributed by atoms with E-state index in [1.807, 2.05) is 6.07 Å². The Kier molecular flexibility index (Phi) is 5.45. The minimum Gasteiger partial charge on any atom is -0.492 e. The van der Waals surface area contributed by atoms with Crippen molar-refractivity contribution in [3.8, 4) is 5.75 Å². The van der Waals surface area contributed by atoms with Crippen molar-refractivity contribution < 1.29 is 19.0 Å². The molecule has 1 heterocycles. The lowest BCUT2D eigenvalue weighted by atomic mass is 10.0. The van der Waals surface area contributed by atoms with Gasteiger partial charge in [-0.15, -0.1) is 0 Å². The van der Waals surface area contributed by atoms with Crippen molar-refractivity contribution in [1.82, 2.24) is 0 Å². The summed E-state index contributed by atoms with van der Waals surface area (Å²) in [5.74, 6) is 0.939. The number of methoxy groups -OCH3 is 1. The van der Waals surface area contributed by atoms with Crippen molar-refractivity contribution >= 4 is 28.6 Å². The molecule has 1 aromatic rings. The number of esters is 1. The molecule has 1 aromatic carbocycles. The van der Waals surface area contributed by atoms with Crippen LogP contribution in [0, 0.1) is 9.49 Å². The van der Waals surface area contributed by atoms with E-state index in [1.165, 1.54) is 7.11 Å². The number of halogens is 1. The van der Waals surface area contributed by atoms with Gasteiger partial charge in [-0.1, -0.05) is 0 Å². The van der Waals surface area contributed by atoms with Crippen molar-refractivity contribution in [2.24, 2.45) is 5.92 Å². The molecule has 1 saturated heterocycles. The number of benzene rings is 1. The zero-order chi connectivity index (χ0) is 13.7. The highest BCUT2D eigenvalue weighted by Gasteiger charge is 2.16. The Labute approximate surface area is 126 Å². The van der Waals surface area contributed by atoms with Crippen LogP contribution < -0.4 is 4.74 Å². The van der Waals surface area contributed by atoms with Crippen LogP contribution in [0.3, 0.4) is 0 Å². The zero-order valence-electron chi connectivity index (χ0n) is 10.9. The van der Waals surface area contributed by atoms with Crippen LogP contribution in [0.4, 0.5) is 0 Å². The Morgan fingerprint density at radius 1 is 1.42 bits per heavy atom. The molecule has 0 bridgehead atoms. The molecule has 1 fully saturated rings. The summed E-state index contributed by atoms with van der Waals surface area (Å²) >= 11 is 2.20. The first-order valence-corrected chi connectivity index (χ1v) is 7.37. The van der Waals surface area contributed by atoms with Crippen LogP contribution in [0.15, 0.2) is 18.2 Å². The molecule has 0 saturated carbocycles. The molecule has 0 aliphatic carbocycles. The number of ether oxygens (including phenoxy) is 3. The van der Waals surface area contributed by atoms with E-state index in [4.69, 9.17) is 14.2 Å². The summed E-state index contributed by atoms with van der Waals surface area (Å²) in [5, 5.41) is 0. The normalized spacial score (nSPS) is 16.1. The number of carbonyl (C=O) groups excluding carboxylic acids is 1. The fraction of sp³-hybridized carbons (Fsp3) is 0.500. The van der Waals surface area contributed by atoms with Gasteiger partial charge in [0.25, 0.3) is 0 Å². The molecule has 0 unspecified atom stereocenters. The first-order valence-electron chi connectivity index (χ1n) is 6.29. The lowest BCUT2D eigenvalue weighted by Gasteiger charge is -2.22. The summed E-state index contributed by atoms with van der Waals surface area (Å²) in [6.07, 6.45) is 2.07. The average Bonchev–Trinajstić information content (AvgIpc) is 2.46. The lowest BCUT2D eigenvalue weighted by Crippen LogP contribution is -2.21. The predicted molar refractivity (Wildman–Crippen MR) is 79.5 cm³/mol. The number of rotatable bonds is 4. The molecular weight excluding hydrogens is 359 g/mol. The smallest absolute Gasteiger partial charge is 0.337 e. The van der Waals surface area contributed by atoms with Gasteiger partial charge in [0.05, 0.1) is 22.9 Å². The number of hydrogen-bond acceptors (Lipinski definition) is 4. The molecule has 19 heavy (non-hydrogen) atoms. The Bertz CT molecular complexity index is 441. The fourth-order valence-corrected chi connectivity index (χ4v) is 2.47. The lowest BCUT2D eigenvalue weighted by molar-refractivity contribution is 0.0495. The zero-order valence-corrected chi connectivity index (χ0v) is 13.0. The highest BCUT2D eigenvalue weighted by Crippen LogP contribution is 2.24. The molecule has 0 amide bonds. The van der Waals surface area contributed by atoms with Crippen LogP contribution in [0.25, 0.3) is 0 Å².